The normalized spacial score (nSPS) is 17.7. The largest absolute Gasteiger partial charge is 0.342 e. The van der Waals surface area contributed by atoms with E-state index in [9.17, 15) is 0 Å². The molecule has 0 spiro atoms. The topological polar surface area (TPSA) is 66.8 Å². The van der Waals surface area contributed by atoms with Gasteiger partial charge in [0.05, 0.1) is 5.69 Å². The SMILES string of the molecule is c1ccc(-c2ccc(N3CCNCC3c3ncccn3)nn2)cc1. The van der Waals surface area contributed by atoms with Crippen LogP contribution in [0.15, 0.2) is 60.9 Å². The Kier molecular flexibility index (Phi) is 4.12. The van der Waals surface area contributed by atoms with Crippen molar-refractivity contribution < 1.29 is 0 Å². The summed E-state index contributed by atoms with van der Waals surface area (Å²) in [6.07, 6.45) is 3.55. The summed E-state index contributed by atoms with van der Waals surface area (Å²) in [5.41, 5.74) is 1.95. The maximum Gasteiger partial charge on any atom is 0.151 e. The second-order valence-corrected chi connectivity index (χ2v) is 5.66. The van der Waals surface area contributed by atoms with E-state index in [0.717, 1.165) is 42.5 Å². The van der Waals surface area contributed by atoms with Crippen molar-refractivity contribution in [3.63, 3.8) is 0 Å². The third-order valence-corrected chi connectivity index (χ3v) is 4.14. The molecule has 120 valence electrons. The number of nitrogens with one attached hydrogen (secondary N) is 1. The summed E-state index contributed by atoms with van der Waals surface area (Å²) in [5, 5.41) is 12.2. The molecule has 0 amide bonds. The van der Waals surface area contributed by atoms with Gasteiger partial charge in [-0.3, -0.25) is 0 Å². The predicted molar refractivity (Wildman–Crippen MR) is 92.5 cm³/mol. The molecule has 2 aromatic heterocycles. The fourth-order valence-corrected chi connectivity index (χ4v) is 2.93. The van der Waals surface area contributed by atoms with E-state index in [1.807, 2.05) is 48.5 Å². The molecule has 3 heterocycles. The number of rotatable bonds is 3. The smallest absolute Gasteiger partial charge is 0.151 e. The molecule has 6 nitrogen and oxygen atoms in total. The van der Waals surface area contributed by atoms with Crippen molar-refractivity contribution in [1.29, 1.82) is 0 Å². The first-order valence-corrected chi connectivity index (χ1v) is 8.05. The van der Waals surface area contributed by atoms with Gasteiger partial charge < -0.3 is 10.2 Å². The van der Waals surface area contributed by atoms with Crippen LogP contribution in [0, 0.1) is 0 Å². The lowest BCUT2D eigenvalue weighted by Gasteiger charge is -2.35. The maximum atomic E-state index is 4.45. The minimum atomic E-state index is 0.0665. The van der Waals surface area contributed by atoms with Gasteiger partial charge in [0.1, 0.15) is 6.04 Å². The maximum absolute atomic E-state index is 4.45. The molecule has 1 N–H and O–H groups in total. The molecule has 1 atom stereocenters. The van der Waals surface area contributed by atoms with Gasteiger partial charge in [-0.2, -0.15) is 0 Å². The van der Waals surface area contributed by atoms with Crippen molar-refractivity contribution in [3.8, 4) is 11.3 Å². The van der Waals surface area contributed by atoms with Crippen molar-refractivity contribution in [3.05, 3.63) is 66.7 Å². The van der Waals surface area contributed by atoms with E-state index in [2.05, 4.69) is 30.4 Å². The number of benzene rings is 1. The monoisotopic (exact) mass is 318 g/mol. The zero-order valence-electron chi connectivity index (χ0n) is 13.2. The van der Waals surface area contributed by atoms with Gasteiger partial charge in [0, 0.05) is 37.6 Å². The van der Waals surface area contributed by atoms with Gasteiger partial charge in [0.15, 0.2) is 11.6 Å². The summed E-state index contributed by atoms with van der Waals surface area (Å²) in [6.45, 7) is 2.56. The number of nitrogens with zero attached hydrogens (tertiary/aromatic N) is 5. The third kappa shape index (κ3) is 2.96. The summed E-state index contributed by atoms with van der Waals surface area (Å²) in [5.74, 6) is 1.66. The zero-order chi connectivity index (χ0) is 16.2. The average molecular weight is 318 g/mol. The molecule has 1 aliphatic heterocycles. The Morgan fingerprint density at radius 2 is 1.75 bits per heavy atom. The van der Waals surface area contributed by atoms with Crippen LogP contribution in [0.1, 0.15) is 11.9 Å². The van der Waals surface area contributed by atoms with Crippen LogP contribution >= 0.6 is 0 Å². The molecular formula is C18H18N6. The number of hydrogen-bond acceptors (Lipinski definition) is 6. The van der Waals surface area contributed by atoms with Gasteiger partial charge in [0.25, 0.3) is 0 Å². The molecule has 24 heavy (non-hydrogen) atoms. The van der Waals surface area contributed by atoms with Gasteiger partial charge in [-0.05, 0) is 18.2 Å². The molecule has 3 aromatic rings. The van der Waals surface area contributed by atoms with Crippen LogP contribution < -0.4 is 10.2 Å². The number of aromatic nitrogens is 4. The highest BCUT2D eigenvalue weighted by Crippen LogP contribution is 2.25. The van der Waals surface area contributed by atoms with E-state index in [1.165, 1.54) is 0 Å². The van der Waals surface area contributed by atoms with Gasteiger partial charge in [0.2, 0.25) is 0 Å². The van der Waals surface area contributed by atoms with E-state index >= 15 is 0 Å². The molecule has 4 rings (SSSR count). The molecule has 1 fully saturated rings. The van der Waals surface area contributed by atoms with Gasteiger partial charge in [-0.15, -0.1) is 10.2 Å². The van der Waals surface area contributed by atoms with Crippen LogP contribution in [0.25, 0.3) is 11.3 Å². The zero-order valence-corrected chi connectivity index (χ0v) is 13.2. The van der Waals surface area contributed by atoms with Crippen LogP contribution in [0.4, 0.5) is 5.82 Å². The molecule has 0 radical (unpaired) electrons. The van der Waals surface area contributed by atoms with E-state index in [0.29, 0.717) is 0 Å². The first kappa shape index (κ1) is 14.7. The molecule has 6 heteroatoms. The van der Waals surface area contributed by atoms with Crippen LogP contribution in [-0.4, -0.2) is 39.8 Å². The molecule has 1 aromatic carbocycles. The minimum Gasteiger partial charge on any atom is -0.342 e. The Morgan fingerprint density at radius 1 is 0.917 bits per heavy atom. The van der Waals surface area contributed by atoms with Gasteiger partial charge in [-0.1, -0.05) is 30.3 Å². The second kappa shape index (κ2) is 6.72. The molecule has 1 saturated heterocycles. The Bertz CT molecular complexity index is 776. The fourth-order valence-electron chi connectivity index (χ4n) is 2.93. The first-order chi connectivity index (χ1) is 11.9. The third-order valence-electron chi connectivity index (χ3n) is 4.14. The van der Waals surface area contributed by atoms with Gasteiger partial charge >= 0.3 is 0 Å². The lowest BCUT2D eigenvalue weighted by Crippen LogP contribution is -2.47. The predicted octanol–water partition coefficient (Wildman–Crippen LogP) is 2.08. The standard InChI is InChI=1S/C18H18N6/c1-2-5-14(6-3-1)15-7-8-17(23-22-15)24-12-11-19-13-16(24)18-20-9-4-10-21-18/h1-10,16,19H,11-13H2. The molecule has 1 unspecified atom stereocenters. The summed E-state index contributed by atoms with van der Waals surface area (Å²) in [6, 6.07) is 16.0. The Labute approximate surface area is 140 Å². The molecule has 0 bridgehead atoms. The lowest BCUT2D eigenvalue weighted by molar-refractivity contribution is 0.468. The Morgan fingerprint density at radius 3 is 2.50 bits per heavy atom. The highest BCUT2D eigenvalue weighted by Gasteiger charge is 2.27. The number of anilines is 1. The van der Waals surface area contributed by atoms with Gasteiger partial charge in [-0.25, -0.2) is 9.97 Å². The van der Waals surface area contributed by atoms with Crippen LogP contribution in [0.5, 0.6) is 0 Å². The summed E-state index contributed by atoms with van der Waals surface area (Å²) >= 11 is 0. The summed E-state index contributed by atoms with van der Waals surface area (Å²) in [4.78, 5) is 11.0. The lowest BCUT2D eigenvalue weighted by atomic mass is 10.1. The van der Waals surface area contributed by atoms with E-state index in [4.69, 9.17) is 0 Å². The van der Waals surface area contributed by atoms with Crippen molar-refractivity contribution >= 4 is 5.82 Å². The number of hydrogen-bond donors (Lipinski definition) is 1. The van der Waals surface area contributed by atoms with E-state index in [-0.39, 0.29) is 6.04 Å². The molecule has 0 aliphatic carbocycles. The van der Waals surface area contributed by atoms with Crippen molar-refractivity contribution in [2.45, 2.75) is 6.04 Å². The molecule has 1 aliphatic rings. The second-order valence-electron chi connectivity index (χ2n) is 5.66. The van der Waals surface area contributed by atoms with Crippen LogP contribution in [0.2, 0.25) is 0 Å². The van der Waals surface area contributed by atoms with E-state index < -0.39 is 0 Å². The summed E-state index contributed by atoms with van der Waals surface area (Å²) < 4.78 is 0. The van der Waals surface area contributed by atoms with Crippen molar-refractivity contribution in [2.24, 2.45) is 0 Å². The Balaban J connectivity index is 1.62. The minimum absolute atomic E-state index is 0.0665. The molecular weight excluding hydrogens is 300 g/mol. The Hall–Kier alpha value is -2.86. The highest BCUT2D eigenvalue weighted by molar-refractivity contribution is 5.59. The summed E-state index contributed by atoms with van der Waals surface area (Å²) in [7, 11) is 0. The van der Waals surface area contributed by atoms with Crippen LogP contribution in [0.3, 0.4) is 0 Å². The van der Waals surface area contributed by atoms with Crippen LogP contribution in [-0.2, 0) is 0 Å². The first-order valence-electron chi connectivity index (χ1n) is 8.05. The van der Waals surface area contributed by atoms with Crippen molar-refractivity contribution in [1.82, 2.24) is 25.5 Å². The van der Waals surface area contributed by atoms with Crippen molar-refractivity contribution in [2.75, 3.05) is 24.5 Å². The molecule has 0 saturated carbocycles. The fraction of sp³-hybridized carbons (Fsp3) is 0.222. The average Bonchev–Trinajstić information content (AvgIpc) is 2.69. The number of piperazine rings is 1. The quantitative estimate of drug-likeness (QED) is 0.797. The van der Waals surface area contributed by atoms with E-state index in [1.54, 1.807) is 12.4 Å². The highest BCUT2D eigenvalue weighted by atomic mass is 15.3.